The number of hydrogen-bond donors (Lipinski definition) is 2. The van der Waals surface area contributed by atoms with Crippen LogP contribution in [0.25, 0.3) is 0 Å². The number of aliphatic hydroxyl groups is 1. The van der Waals surface area contributed by atoms with Crippen LogP contribution in [0.5, 0.6) is 0 Å². The number of likely N-dealkylation sites (N-methyl/N-ethyl adjacent to an activating group) is 1. The van der Waals surface area contributed by atoms with Gasteiger partial charge in [-0.25, -0.2) is 0 Å². The van der Waals surface area contributed by atoms with Gasteiger partial charge in [0, 0.05) is 39.3 Å². The molecule has 2 N–H and O–H groups in total. The number of aliphatic hydroxyl groups excluding tert-OH is 1. The molecule has 0 spiro atoms. The quantitative estimate of drug-likeness (QED) is 0.839. The number of piperazine rings is 1. The number of benzene rings is 1. The number of nitrogens with one attached hydrogen (secondary N) is 1. The maximum absolute atomic E-state index is 12.5. The predicted molar refractivity (Wildman–Crippen MR) is 83.4 cm³/mol. The summed E-state index contributed by atoms with van der Waals surface area (Å²) in [7, 11) is 2.06. The molecule has 1 aromatic carbocycles. The summed E-state index contributed by atoms with van der Waals surface area (Å²) in [4.78, 5) is 16.3. The number of hydrogen-bond acceptors (Lipinski definition) is 4. The third kappa shape index (κ3) is 5.19. The van der Waals surface area contributed by atoms with Crippen molar-refractivity contribution in [2.45, 2.75) is 12.3 Å². The molecular weight excluding hydrogens is 323 g/mol. The minimum Gasteiger partial charge on any atom is -0.378 e. The van der Waals surface area contributed by atoms with E-state index in [4.69, 9.17) is 0 Å². The maximum Gasteiger partial charge on any atom is 0.416 e. The van der Waals surface area contributed by atoms with Gasteiger partial charge >= 0.3 is 6.18 Å². The van der Waals surface area contributed by atoms with Gasteiger partial charge in [-0.3, -0.25) is 9.69 Å². The lowest BCUT2D eigenvalue weighted by atomic mass is 10.1. The zero-order valence-corrected chi connectivity index (χ0v) is 13.5. The van der Waals surface area contributed by atoms with Crippen molar-refractivity contribution >= 4 is 5.91 Å². The van der Waals surface area contributed by atoms with E-state index in [-0.39, 0.29) is 5.56 Å². The Morgan fingerprint density at radius 1 is 1.21 bits per heavy atom. The largest absolute Gasteiger partial charge is 0.416 e. The van der Waals surface area contributed by atoms with E-state index in [1.54, 1.807) is 0 Å². The molecule has 8 heteroatoms. The molecular formula is C16H22F3N3O2. The summed E-state index contributed by atoms with van der Waals surface area (Å²) in [6.45, 7) is 4.87. The Bertz CT molecular complexity index is 540. The van der Waals surface area contributed by atoms with Crippen molar-refractivity contribution < 1.29 is 23.1 Å². The van der Waals surface area contributed by atoms with Gasteiger partial charge in [-0.05, 0) is 24.7 Å². The van der Waals surface area contributed by atoms with Gasteiger partial charge in [0.25, 0.3) is 5.91 Å². The van der Waals surface area contributed by atoms with Crippen LogP contribution in [-0.4, -0.2) is 67.1 Å². The molecule has 1 amide bonds. The first-order chi connectivity index (χ1) is 11.3. The smallest absolute Gasteiger partial charge is 0.378 e. The highest BCUT2D eigenvalue weighted by Gasteiger charge is 2.30. The molecule has 0 aromatic heterocycles. The summed E-state index contributed by atoms with van der Waals surface area (Å²) in [5, 5.41) is 12.6. The van der Waals surface area contributed by atoms with Crippen LogP contribution in [0.2, 0.25) is 0 Å². The molecule has 0 radical (unpaired) electrons. The summed E-state index contributed by atoms with van der Waals surface area (Å²) >= 11 is 0. The summed E-state index contributed by atoms with van der Waals surface area (Å²) in [6.07, 6.45) is -5.91. The molecule has 1 aromatic rings. The third-order valence-corrected chi connectivity index (χ3v) is 4.13. The Morgan fingerprint density at radius 2 is 1.79 bits per heavy atom. The summed E-state index contributed by atoms with van der Waals surface area (Å²) in [5.41, 5.74) is -0.672. The second-order valence-corrected chi connectivity index (χ2v) is 5.96. The van der Waals surface area contributed by atoms with Crippen molar-refractivity contribution in [1.29, 1.82) is 0 Å². The molecule has 5 nitrogen and oxygen atoms in total. The second kappa shape index (κ2) is 7.96. The lowest BCUT2D eigenvalue weighted by molar-refractivity contribution is -0.137. The Morgan fingerprint density at radius 3 is 2.33 bits per heavy atom. The number of carbonyl (C=O) groups excluding carboxylic acids is 1. The van der Waals surface area contributed by atoms with E-state index < -0.39 is 23.8 Å². The molecule has 1 unspecified atom stereocenters. The molecule has 1 aliphatic heterocycles. The predicted octanol–water partition coefficient (Wildman–Crippen LogP) is 1.10. The fourth-order valence-corrected chi connectivity index (χ4v) is 2.51. The van der Waals surface area contributed by atoms with Gasteiger partial charge in [0.1, 0.15) is 0 Å². The van der Waals surface area contributed by atoms with Gasteiger partial charge in [0.15, 0.2) is 6.10 Å². The van der Waals surface area contributed by atoms with E-state index in [0.717, 1.165) is 50.4 Å². The van der Waals surface area contributed by atoms with Crippen LogP contribution in [0.3, 0.4) is 0 Å². The first kappa shape index (κ1) is 18.7. The first-order valence-electron chi connectivity index (χ1n) is 7.81. The molecule has 1 saturated heterocycles. The van der Waals surface area contributed by atoms with Crippen molar-refractivity contribution in [1.82, 2.24) is 15.1 Å². The summed E-state index contributed by atoms with van der Waals surface area (Å²) < 4.78 is 37.5. The first-order valence-corrected chi connectivity index (χ1v) is 7.81. The lowest BCUT2D eigenvalue weighted by Crippen LogP contribution is -2.47. The Labute approximate surface area is 139 Å². The Hall–Kier alpha value is -1.64. The molecule has 0 bridgehead atoms. The average Bonchev–Trinajstić information content (AvgIpc) is 2.55. The maximum atomic E-state index is 12.5. The van der Waals surface area contributed by atoms with E-state index >= 15 is 0 Å². The monoisotopic (exact) mass is 345 g/mol. The van der Waals surface area contributed by atoms with E-state index in [0.29, 0.717) is 13.1 Å². The van der Waals surface area contributed by atoms with Crippen molar-refractivity contribution in [2.75, 3.05) is 46.3 Å². The normalized spacial score (nSPS) is 18.4. The fourth-order valence-electron chi connectivity index (χ4n) is 2.51. The van der Waals surface area contributed by atoms with Crippen molar-refractivity contribution in [3.63, 3.8) is 0 Å². The number of alkyl halides is 3. The van der Waals surface area contributed by atoms with Crippen molar-refractivity contribution in [3.05, 3.63) is 35.4 Å². The Kier molecular flexibility index (Phi) is 6.20. The number of rotatable bonds is 5. The van der Waals surface area contributed by atoms with Gasteiger partial charge in [0.2, 0.25) is 0 Å². The molecule has 134 valence electrons. The van der Waals surface area contributed by atoms with Crippen molar-refractivity contribution in [3.8, 4) is 0 Å². The number of amides is 1. The highest BCUT2D eigenvalue weighted by Crippen LogP contribution is 2.29. The molecule has 0 aliphatic carbocycles. The molecule has 2 rings (SSSR count). The average molecular weight is 345 g/mol. The van der Waals surface area contributed by atoms with E-state index in [1.165, 1.54) is 0 Å². The van der Waals surface area contributed by atoms with Crippen LogP contribution in [0.15, 0.2) is 24.3 Å². The lowest BCUT2D eigenvalue weighted by Gasteiger charge is -2.32. The minimum absolute atomic E-state index is 0.139. The van der Waals surface area contributed by atoms with Gasteiger partial charge in [-0.15, -0.1) is 0 Å². The highest BCUT2D eigenvalue weighted by atomic mass is 19.4. The topological polar surface area (TPSA) is 55.8 Å². The molecule has 24 heavy (non-hydrogen) atoms. The van der Waals surface area contributed by atoms with Gasteiger partial charge < -0.3 is 15.3 Å². The van der Waals surface area contributed by atoms with Crippen LogP contribution in [0.1, 0.15) is 17.2 Å². The van der Waals surface area contributed by atoms with Crippen LogP contribution >= 0.6 is 0 Å². The third-order valence-electron chi connectivity index (χ3n) is 4.13. The molecule has 1 atom stereocenters. The van der Waals surface area contributed by atoms with Crippen molar-refractivity contribution in [2.24, 2.45) is 0 Å². The fraction of sp³-hybridized carbons (Fsp3) is 0.562. The summed E-state index contributed by atoms with van der Waals surface area (Å²) in [6, 6.07) is 3.95. The standard InChI is InChI=1S/C16H22F3N3O2/c1-21-8-10-22(11-9-21)7-6-20-15(24)14(23)12-2-4-13(5-3-12)16(17,18)19/h2-5,14,23H,6-11H2,1H3,(H,20,24). The number of halogens is 3. The zero-order chi connectivity index (χ0) is 17.7. The molecule has 1 heterocycles. The SMILES string of the molecule is CN1CCN(CCNC(=O)C(O)c2ccc(C(F)(F)F)cc2)CC1. The Balaban J connectivity index is 1.79. The zero-order valence-electron chi connectivity index (χ0n) is 13.5. The minimum atomic E-state index is -4.44. The molecule has 1 aliphatic rings. The highest BCUT2D eigenvalue weighted by molar-refractivity contribution is 5.81. The second-order valence-electron chi connectivity index (χ2n) is 5.96. The van der Waals surface area contributed by atoms with E-state index in [1.807, 2.05) is 0 Å². The molecule has 0 saturated carbocycles. The van der Waals surface area contributed by atoms with Crippen LogP contribution in [-0.2, 0) is 11.0 Å². The van der Waals surface area contributed by atoms with Crippen LogP contribution in [0.4, 0.5) is 13.2 Å². The van der Waals surface area contributed by atoms with E-state index in [2.05, 4.69) is 22.2 Å². The van der Waals surface area contributed by atoms with Gasteiger partial charge in [-0.1, -0.05) is 12.1 Å². The van der Waals surface area contributed by atoms with Gasteiger partial charge in [-0.2, -0.15) is 13.2 Å². The van der Waals surface area contributed by atoms with Gasteiger partial charge in [0.05, 0.1) is 5.56 Å². The van der Waals surface area contributed by atoms with Crippen LogP contribution in [0, 0.1) is 0 Å². The number of nitrogens with zero attached hydrogens (tertiary/aromatic N) is 2. The number of carbonyl (C=O) groups is 1. The summed E-state index contributed by atoms with van der Waals surface area (Å²) in [5.74, 6) is -0.608. The van der Waals surface area contributed by atoms with Crippen LogP contribution < -0.4 is 5.32 Å². The molecule has 1 fully saturated rings. The van der Waals surface area contributed by atoms with E-state index in [9.17, 15) is 23.1 Å².